The van der Waals surface area contributed by atoms with Gasteiger partial charge in [-0.3, -0.25) is 0 Å². The molecule has 0 saturated carbocycles. The Morgan fingerprint density at radius 2 is 2.38 bits per heavy atom. The molecule has 1 aliphatic carbocycles. The van der Waals surface area contributed by atoms with Crippen LogP contribution in [0.3, 0.4) is 0 Å². The number of hydrogen-bond donors (Lipinski definition) is 1. The molecule has 0 saturated heterocycles. The second-order valence-corrected chi connectivity index (χ2v) is 5.64. The molecule has 1 aliphatic rings. The summed E-state index contributed by atoms with van der Waals surface area (Å²) in [5, 5.41) is 3.55. The van der Waals surface area contributed by atoms with Crippen molar-refractivity contribution in [1.82, 2.24) is 5.32 Å². The van der Waals surface area contributed by atoms with Gasteiger partial charge in [0, 0.05) is 29.5 Å². The molecule has 1 aromatic heterocycles. The molecule has 0 radical (unpaired) electrons. The van der Waals surface area contributed by atoms with E-state index in [1.165, 1.54) is 24.1 Å². The molecule has 2 rings (SSSR count). The van der Waals surface area contributed by atoms with Gasteiger partial charge in [-0.25, -0.2) is 0 Å². The summed E-state index contributed by atoms with van der Waals surface area (Å²) in [5.41, 5.74) is 1.60. The standard InChI is InChI=1S/C13H21NOS/c1-10(14-7-4-8-15-2)13-9-11-5-3-6-12(11)16-13/h9-10,14H,3-8H2,1-2H3. The van der Waals surface area contributed by atoms with Crippen LogP contribution < -0.4 is 5.32 Å². The number of aryl methyl sites for hydroxylation is 2. The predicted molar refractivity (Wildman–Crippen MR) is 69.3 cm³/mol. The molecule has 0 bridgehead atoms. The molecule has 1 aromatic rings. The highest BCUT2D eigenvalue weighted by atomic mass is 32.1. The van der Waals surface area contributed by atoms with E-state index in [0.29, 0.717) is 6.04 Å². The first kappa shape index (κ1) is 12.1. The van der Waals surface area contributed by atoms with Crippen molar-refractivity contribution in [2.24, 2.45) is 0 Å². The Morgan fingerprint density at radius 1 is 1.50 bits per heavy atom. The van der Waals surface area contributed by atoms with Gasteiger partial charge >= 0.3 is 0 Å². The lowest BCUT2D eigenvalue weighted by atomic mass is 10.2. The van der Waals surface area contributed by atoms with Crippen LogP contribution in [0.1, 0.15) is 41.1 Å². The van der Waals surface area contributed by atoms with E-state index in [1.54, 1.807) is 17.6 Å². The van der Waals surface area contributed by atoms with Gasteiger partial charge in [0.15, 0.2) is 0 Å². The van der Waals surface area contributed by atoms with E-state index in [9.17, 15) is 0 Å². The molecule has 1 atom stereocenters. The van der Waals surface area contributed by atoms with Crippen molar-refractivity contribution in [3.05, 3.63) is 21.4 Å². The fourth-order valence-electron chi connectivity index (χ4n) is 2.20. The number of hydrogen-bond acceptors (Lipinski definition) is 3. The van der Waals surface area contributed by atoms with Crippen LogP contribution in [0.25, 0.3) is 0 Å². The molecule has 1 unspecified atom stereocenters. The van der Waals surface area contributed by atoms with Crippen LogP contribution in [-0.2, 0) is 17.6 Å². The highest BCUT2D eigenvalue weighted by Crippen LogP contribution is 2.33. The van der Waals surface area contributed by atoms with Crippen molar-refractivity contribution in [1.29, 1.82) is 0 Å². The van der Waals surface area contributed by atoms with Crippen LogP contribution in [0, 0.1) is 0 Å². The molecule has 0 amide bonds. The molecule has 0 aromatic carbocycles. The van der Waals surface area contributed by atoms with Crippen LogP contribution in [0.4, 0.5) is 0 Å². The van der Waals surface area contributed by atoms with E-state index in [1.807, 2.05) is 11.3 Å². The lowest BCUT2D eigenvalue weighted by molar-refractivity contribution is 0.193. The Morgan fingerprint density at radius 3 is 3.12 bits per heavy atom. The van der Waals surface area contributed by atoms with Gasteiger partial charge in [0.05, 0.1) is 0 Å². The van der Waals surface area contributed by atoms with Crippen LogP contribution in [0.15, 0.2) is 6.07 Å². The van der Waals surface area contributed by atoms with E-state index >= 15 is 0 Å². The zero-order chi connectivity index (χ0) is 11.4. The first-order valence-electron chi connectivity index (χ1n) is 6.15. The van der Waals surface area contributed by atoms with Crippen LogP contribution in [0.2, 0.25) is 0 Å². The summed E-state index contributed by atoms with van der Waals surface area (Å²) in [6.45, 7) is 4.14. The summed E-state index contributed by atoms with van der Waals surface area (Å²) in [6, 6.07) is 2.90. The average molecular weight is 239 g/mol. The zero-order valence-electron chi connectivity index (χ0n) is 10.2. The van der Waals surface area contributed by atoms with E-state index in [-0.39, 0.29) is 0 Å². The minimum Gasteiger partial charge on any atom is -0.385 e. The van der Waals surface area contributed by atoms with Gasteiger partial charge in [-0.1, -0.05) is 0 Å². The monoisotopic (exact) mass is 239 g/mol. The molecule has 0 aliphatic heterocycles. The van der Waals surface area contributed by atoms with Crippen molar-refractivity contribution in [2.45, 2.75) is 38.6 Å². The third-order valence-electron chi connectivity index (χ3n) is 3.17. The highest BCUT2D eigenvalue weighted by molar-refractivity contribution is 7.12. The largest absolute Gasteiger partial charge is 0.385 e. The Bertz CT molecular complexity index is 313. The molecule has 16 heavy (non-hydrogen) atoms. The Kier molecular flexibility index (Phi) is 4.38. The van der Waals surface area contributed by atoms with E-state index in [4.69, 9.17) is 4.74 Å². The molecular formula is C13H21NOS. The van der Waals surface area contributed by atoms with Crippen LogP contribution in [0.5, 0.6) is 0 Å². The maximum Gasteiger partial charge on any atom is 0.0474 e. The van der Waals surface area contributed by atoms with Gasteiger partial charge in [0.1, 0.15) is 0 Å². The second-order valence-electron chi connectivity index (χ2n) is 4.47. The lowest BCUT2D eigenvalue weighted by Gasteiger charge is -2.11. The number of rotatable bonds is 6. The summed E-state index contributed by atoms with van der Waals surface area (Å²) < 4.78 is 5.04. The van der Waals surface area contributed by atoms with E-state index in [2.05, 4.69) is 18.3 Å². The van der Waals surface area contributed by atoms with Gasteiger partial charge in [0.2, 0.25) is 0 Å². The number of methoxy groups -OCH3 is 1. The minimum absolute atomic E-state index is 0.493. The summed E-state index contributed by atoms with van der Waals surface area (Å²) >= 11 is 2.00. The Labute approximate surface area is 102 Å². The fraction of sp³-hybridized carbons (Fsp3) is 0.692. The van der Waals surface area contributed by atoms with E-state index < -0.39 is 0 Å². The third-order valence-corrected chi connectivity index (χ3v) is 4.59. The fourth-order valence-corrected chi connectivity index (χ4v) is 3.49. The number of thiophene rings is 1. The Balaban J connectivity index is 1.81. The molecule has 90 valence electrons. The van der Waals surface area contributed by atoms with Crippen molar-refractivity contribution in [3.8, 4) is 0 Å². The maximum atomic E-state index is 5.04. The molecular weight excluding hydrogens is 218 g/mol. The van der Waals surface area contributed by atoms with Crippen LogP contribution in [-0.4, -0.2) is 20.3 Å². The van der Waals surface area contributed by atoms with Gasteiger partial charge in [-0.15, -0.1) is 11.3 Å². The normalized spacial score (nSPS) is 16.4. The van der Waals surface area contributed by atoms with Crippen molar-refractivity contribution in [2.75, 3.05) is 20.3 Å². The first-order chi connectivity index (χ1) is 7.81. The smallest absolute Gasteiger partial charge is 0.0474 e. The number of nitrogens with one attached hydrogen (secondary N) is 1. The van der Waals surface area contributed by atoms with E-state index in [0.717, 1.165) is 19.6 Å². The van der Waals surface area contributed by atoms with Crippen molar-refractivity contribution >= 4 is 11.3 Å². The Hall–Kier alpha value is -0.380. The molecule has 1 N–H and O–H groups in total. The summed E-state index contributed by atoms with van der Waals surface area (Å²) in [4.78, 5) is 3.13. The number of ether oxygens (including phenoxy) is 1. The number of fused-ring (bicyclic) bond motifs is 1. The van der Waals surface area contributed by atoms with Gasteiger partial charge in [-0.2, -0.15) is 0 Å². The first-order valence-corrected chi connectivity index (χ1v) is 6.96. The molecule has 0 fully saturated rings. The van der Waals surface area contributed by atoms with Crippen molar-refractivity contribution in [3.63, 3.8) is 0 Å². The second kappa shape index (κ2) is 5.80. The third kappa shape index (κ3) is 2.84. The zero-order valence-corrected chi connectivity index (χ0v) is 11.0. The molecule has 3 heteroatoms. The van der Waals surface area contributed by atoms with Crippen molar-refractivity contribution < 1.29 is 4.74 Å². The van der Waals surface area contributed by atoms with Gasteiger partial charge < -0.3 is 10.1 Å². The minimum atomic E-state index is 0.493. The lowest BCUT2D eigenvalue weighted by Crippen LogP contribution is -2.20. The summed E-state index contributed by atoms with van der Waals surface area (Å²) in [5.74, 6) is 0. The van der Waals surface area contributed by atoms with Crippen LogP contribution >= 0.6 is 11.3 Å². The summed E-state index contributed by atoms with van der Waals surface area (Å²) in [7, 11) is 1.76. The quantitative estimate of drug-likeness (QED) is 0.771. The molecule has 0 spiro atoms. The molecule has 2 nitrogen and oxygen atoms in total. The maximum absolute atomic E-state index is 5.04. The summed E-state index contributed by atoms with van der Waals surface area (Å²) in [6.07, 6.45) is 5.04. The van der Waals surface area contributed by atoms with Gasteiger partial charge in [-0.05, 0) is 50.8 Å². The SMILES string of the molecule is COCCCNC(C)c1cc2c(s1)CCC2. The molecule has 1 heterocycles. The topological polar surface area (TPSA) is 21.3 Å². The average Bonchev–Trinajstić information content (AvgIpc) is 2.83. The highest BCUT2D eigenvalue weighted by Gasteiger charge is 2.17. The van der Waals surface area contributed by atoms with Gasteiger partial charge in [0.25, 0.3) is 0 Å². The predicted octanol–water partition coefficient (Wildman–Crippen LogP) is 2.92.